The van der Waals surface area contributed by atoms with Crippen LogP contribution in [0.2, 0.25) is 0 Å². The van der Waals surface area contributed by atoms with Gasteiger partial charge >= 0.3 is 0 Å². The Balaban J connectivity index is 0. The van der Waals surface area contributed by atoms with Crippen molar-refractivity contribution in [2.45, 2.75) is 74.2 Å². The summed E-state index contributed by atoms with van der Waals surface area (Å²) in [4.78, 5) is 12.1. The number of methoxy groups -OCH3 is 1. The highest BCUT2D eigenvalue weighted by Crippen LogP contribution is 2.13. The summed E-state index contributed by atoms with van der Waals surface area (Å²) in [6.45, 7) is 18.1. The number of alkyl halides is 2. The summed E-state index contributed by atoms with van der Waals surface area (Å²) in [7, 11) is 3.04. The van der Waals surface area contributed by atoms with Crippen LogP contribution in [0.4, 0.5) is 8.78 Å². The monoisotopic (exact) mass is 475 g/mol. The predicted molar refractivity (Wildman–Crippen MR) is 146 cm³/mol. The van der Waals surface area contributed by atoms with Crippen molar-refractivity contribution in [3.63, 3.8) is 0 Å². The van der Waals surface area contributed by atoms with E-state index in [2.05, 4.69) is 47.5 Å². The standard InChI is InChI=1S/C14H22N2.C9H12O.C5H9F2N/c1-7-13(8-2)15-10-12(6)16-14(9-3)11(4)5;1-3-8-4-6-9(10-2)7-5-8;1-4(8-3)5(2,6)7/h7,9-10H,4,8H2,1-3,5-6H3;4-7H,3H2,1-2H3;1-3H3/b13-7-,14-9-,15-10?,16-12?;;. The fraction of sp³-hybridized carbons (Fsp3) is 0.464. The van der Waals surface area contributed by atoms with E-state index in [0.717, 1.165) is 48.2 Å². The molecule has 190 valence electrons. The summed E-state index contributed by atoms with van der Waals surface area (Å²) >= 11 is 0. The van der Waals surface area contributed by atoms with Crippen LogP contribution in [0.25, 0.3) is 0 Å². The SMILES string of the molecule is C=C(C)/C(=C/C)N=C(C)C=N/C(=C\C)CC.CCc1ccc(OC)cc1.CN=C(C)C(C)(F)F. The molecule has 0 aliphatic carbocycles. The molecule has 0 heterocycles. The number of aliphatic imine (C=N–C) groups is 3. The number of ether oxygens (including phenoxy) is 1. The topological polar surface area (TPSA) is 46.3 Å². The van der Waals surface area contributed by atoms with E-state index in [0.29, 0.717) is 0 Å². The lowest BCUT2D eigenvalue weighted by atomic mass is 10.2. The summed E-state index contributed by atoms with van der Waals surface area (Å²) in [5.74, 6) is -1.81. The Bertz CT molecular complexity index is 849. The van der Waals surface area contributed by atoms with Crippen molar-refractivity contribution in [2.75, 3.05) is 14.2 Å². The maximum Gasteiger partial charge on any atom is 0.282 e. The number of hydrogen-bond acceptors (Lipinski definition) is 4. The van der Waals surface area contributed by atoms with Gasteiger partial charge in [0.1, 0.15) is 5.75 Å². The van der Waals surface area contributed by atoms with Gasteiger partial charge in [-0.15, -0.1) is 0 Å². The van der Waals surface area contributed by atoms with Gasteiger partial charge < -0.3 is 4.74 Å². The molecule has 4 nitrogen and oxygen atoms in total. The smallest absolute Gasteiger partial charge is 0.282 e. The highest BCUT2D eigenvalue weighted by atomic mass is 19.3. The van der Waals surface area contributed by atoms with E-state index in [9.17, 15) is 8.78 Å². The Labute approximate surface area is 206 Å². The van der Waals surface area contributed by atoms with Crippen LogP contribution >= 0.6 is 0 Å². The minimum absolute atomic E-state index is 0.127. The Morgan fingerprint density at radius 3 is 1.91 bits per heavy atom. The van der Waals surface area contributed by atoms with Crippen molar-refractivity contribution in [3.05, 3.63) is 65.5 Å². The molecule has 0 saturated carbocycles. The molecule has 0 bridgehead atoms. The third-order valence-corrected chi connectivity index (χ3v) is 4.66. The van der Waals surface area contributed by atoms with E-state index in [-0.39, 0.29) is 5.71 Å². The Kier molecular flexibility index (Phi) is 18.1. The summed E-state index contributed by atoms with van der Waals surface area (Å²) in [6, 6.07) is 8.13. The summed E-state index contributed by atoms with van der Waals surface area (Å²) < 4.78 is 29.0. The van der Waals surface area contributed by atoms with E-state index in [1.54, 1.807) is 13.3 Å². The minimum atomic E-state index is -2.74. The first-order chi connectivity index (χ1) is 15.9. The van der Waals surface area contributed by atoms with Gasteiger partial charge in [-0.05, 0) is 70.7 Å². The Morgan fingerprint density at radius 1 is 1.06 bits per heavy atom. The molecule has 34 heavy (non-hydrogen) atoms. The van der Waals surface area contributed by atoms with Gasteiger partial charge in [0.25, 0.3) is 5.92 Å². The van der Waals surface area contributed by atoms with Crippen molar-refractivity contribution in [1.29, 1.82) is 0 Å². The molecule has 0 aliphatic rings. The molecule has 6 heteroatoms. The van der Waals surface area contributed by atoms with Crippen molar-refractivity contribution < 1.29 is 13.5 Å². The van der Waals surface area contributed by atoms with Crippen molar-refractivity contribution in [3.8, 4) is 5.75 Å². The highest BCUT2D eigenvalue weighted by Gasteiger charge is 2.24. The molecule has 1 aromatic carbocycles. The number of halogens is 2. The number of aryl methyl sites for hydroxylation is 1. The fourth-order valence-electron chi connectivity index (χ4n) is 2.23. The normalized spacial score (nSPS) is 13.1. The van der Waals surface area contributed by atoms with Crippen LogP contribution < -0.4 is 4.74 Å². The van der Waals surface area contributed by atoms with E-state index >= 15 is 0 Å². The van der Waals surface area contributed by atoms with Crippen LogP contribution in [0, 0.1) is 0 Å². The highest BCUT2D eigenvalue weighted by molar-refractivity contribution is 6.30. The molecule has 0 radical (unpaired) electrons. The van der Waals surface area contributed by atoms with Gasteiger partial charge in [-0.25, -0.2) is 8.78 Å². The average Bonchev–Trinajstić information content (AvgIpc) is 2.82. The minimum Gasteiger partial charge on any atom is -0.497 e. The molecule has 0 atom stereocenters. The number of nitrogens with zero attached hydrogens (tertiary/aromatic N) is 3. The third kappa shape index (κ3) is 15.8. The number of rotatable bonds is 8. The van der Waals surface area contributed by atoms with Gasteiger partial charge in [0.15, 0.2) is 0 Å². The van der Waals surface area contributed by atoms with E-state index < -0.39 is 5.92 Å². The molecule has 0 saturated heterocycles. The molecule has 0 amide bonds. The second kappa shape index (κ2) is 18.5. The van der Waals surface area contributed by atoms with Gasteiger partial charge in [-0.1, -0.05) is 44.7 Å². The van der Waals surface area contributed by atoms with E-state index in [1.165, 1.54) is 19.5 Å². The average molecular weight is 476 g/mol. The summed E-state index contributed by atoms with van der Waals surface area (Å²) in [5.41, 5.74) is 5.08. The zero-order valence-electron chi connectivity index (χ0n) is 22.7. The van der Waals surface area contributed by atoms with Crippen LogP contribution in [0.15, 0.2) is 74.9 Å². The fourth-order valence-corrected chi connectivity index (χ4v) is 2.23. The Morgan fingerprint density at radius 2 is 1.62 bits per heavy atom. The molecular formula is C28H43F2N3O. The first kappa shape index (κ1) is 33.3. The molecule has 0 unspecified atom stereocenters. The molecule has 0 aliphatic heterocycles. The van der Waals surface area contributed by atoms with Crippen molar-refractivity contribution >= 4 is 17.6 Å². The Hall–Kier alpha value is -2.89. The lowest BCUT2D eigenvalue weighted by Crippen LogP contribution is -2.20. The molecule has 1 rings (SSSR count). The van der Waals surface area contributed by atoms with Crippen molar-refractivity contribution in [2.24, 2.45) is 15.0 Å². The molecule has 0 N–H and O–H groups in total. The van der Waals surface area contributed by atoms with Crippen LogP contribution in [0.5, 0.6) is 5.75 Å². The van der Waals surface area contributed by atoms with Gasteiger partial charge in [-0.2, -0.15) is 0 Å². The first-order valence-electron chi connectivity index (χ1n) is 11.4. The first-order valence-corrected chi connectivity index (χ1v) is 11.4. The van der Waals surface area contributed by atoms with Gasteiger partial charge in [-0.3, -0.25) is 15.0 Å². The molecule has 0 aromatic heterocycles. The van der Waals surface area contributed by atoms with Crippen LogP contribution in [-0.2, 0) is 6.42 Å². The van der Waals surface area contributed by atoms with Crippen LogP contribution in [-0.4, -0.2) is 37.7 Å². The number of benzene rings is 1. The van der Waals surface area contributed by atoms with Gasteiger partial charge in [0.05, 0.1) is 24.2 Å². The zero-order chi connectivity index (χ0) is 26.7. The lowest BCUT2D eigenvalue weighted by molar-refractivity contribution is 0.0997. The lowest BCUT2D eigenvalue weighted by Gasteiger charge is -2.06. The van der Waals surface area contributed by atoms with Crippen molar-refractivity contribution in [1.82, 2.24) is 0 Å². The second-order valence-corrected chi connectivity index (χ2v) is 7.50. The predicted octanol–water partition coefficient (Wildman–Crippen LogP) is 8.30. The second-order valence-electron chi connectivity index (χ2n) is 7.50. The molecular weight excluding hydrogens is 432 g/mol. The van der Waals surface area contributed by atoms with E-state index in [1.807, 2.05) is 52.0 Å². The van der Waals surface area contributed by atoms with Crippen LogP contribution in [0.3, 0.4) is 0 Å². The maximum absolute atomic E-state index is 12.0. The zero-order valence-corrected chi connectivity index (χ0v) is 22.7. The van der Waals surface area contributed by atoms with Gasteiger partial charge in [0, 0.05) is 25.9 Å². The summed E-state index contributed by atoms with van der Waals surface area (Å²) in [6.07, 6.45) is 7.79. The van der Waals surface area contributed by atoms with Gasteiger partial charge in [0.2, 0.25) is 0 Å². The number of hydrogen-bond donors (Lipinski definition) is 0. The molecule has 1 aromatic rings. The molecule has 0 fully saturated rings. The maximum atomic E-state index is 12.0. The third-order valence-electron chi connectivity index (χ3n) is 4.66. The quantitative estimate of drug-likeness (QED) is 0.275. The number of allylic oxidation sites excluding steroid dienone is 4. The molecule has 0 spiro atoms. The summed E-state index contributed by atoms with van der Waals surface area (Å²) in [5, 5.41) is 0. The largest absolute Gasteiger partial charge is 0.497 e. The van der Waals surface area contributed by atoms with Crippen LogP contribution in [0.1, 0.15) is 67.4 Å². The van der Waals surface area contributed by atoms with E-state index in [4.69, 9.17) is 4.74 Å².